The SMILES string of the molecule is CCOC(=O)c1ccc(NS(=O)(=O)c2cc(-c3c(C)noc3NC(C)=O)ccc2C)cc1. The van der Waals surface area contributed by atoms with Gasteiger partial charge in [-0.3, -0.25) is 14.8 Å². The average molecular weight is 458 g/mol. The van der Waals surface area contributed by atoms with Crippen LogP contribution < -0.4 is 10.0 Å². The van der Waals surface area contributed by atoms with Crippen LogP contribution in [0.2, 0.25) is 0 Å². The Labute approximate surface area is 185 Å². The Morgan fingerprint density at radius 2 is 1.78 bits per heavy atom. The fourth-order valence-electron chi connectivity index (χ4n) is 3.10. The van der Waals surface area contributed by atoms with Crippen LogP contribution in [0.5, 0.6) is 0 Å². The number of amides is 1. The van der Waals surface area contributed by atoms with E-state index >= 15 is 0 Å². The molecule has 0 spiro atoms. The third kappa shape index (κ3) is 4.97. The van der Waals surface area contributed by atoms with Crippen molar-refractivity contribution in [1.29, 1.82) is 0 Å². The average Bonchev–Trinajstić information content (AvgIpc) is 3.08. The first-order valence-corrected chi connectivity index (χ1v) is 11.3. The van der Waals surface area contributed by atoms with Gasteiger partial charge in [-0.15, -0.1) is 0 Å². The van der Waals surface area contributed by atoms with Gasteiger partial charge in [-0.05, 0) is 62.2 Å². The number of aryl methyl sites for hydroxylation is 2. The van der Waals surface area contributed by atoms with E-state index in [2.05, 4.69) is 15.2 Å². The highest BCUT2D eigenvalue weighted by Gasteiger charge is 2.22. The number of hydrogen-bond donors (Lipinski definition) is 2. The van der Waals surface area contributed by atoms with Crippen LogP contribution in [-0.4, -0.2) is 32.1 Å². The molecule has 2 N–H and O–H groups in total. The van der Waals surface area contributed by atoms with E-state index in [-0.39, 0.29) is 23.3 Å². The van der Waals surface area contributed by atoms with Crippen LogP contribution in [0, 0.1) is 13.8 Å². The number of rotatable bonds is 7. The second-order valence-electron chi connectivity index (χ2n) is 7.04. The van der Waals surface area contributed by atoms with E-state index in [9.17, 15) is 18.0 Å². The predicted molar refractivity (Wildman–Crippen MR) is 119 cm³/mol. The van der Waals surface area contributed by atoms with Crippen molar-refractivity contribution < 1.29 is 27.3 Å². The second kappa shape index (κ2) is 9.23. The second-order valence-corrected chi connectivity index (χ2v) is 8.69. The lowest BCUT2D eigenvalue weighted by Crippen LogP contribution is -2.15. The van der Waals surface area contributed by atoms with Gasteiger partial charge in [0.25, 0.3) is 10.0 Å². The number of esters is 1. The van der Waals surface area contributed by atoms with Crippen molar-refractivity contribution in [3.05, 3.63) is 59.3 Å². The van der Waals surface area contributed by atoms with Crippen molar-refractivity contribution in [1.82, 2.24) is 5.16 Å². The van der Waals surface area contributed by atoms with Crippen LogP contribution in [0.25, 0.3) is 11.1 Å². The maximum atomic E-state index is 13.1. The molecule has 10 heteroatoms. The summed E-state index contributed by atoms with van der Waals surface area (Å²) in [7, 11) is -3.95. The Kier molecular flexibility index (Phi) is 6.64. The highest BCUT2D eigenvalue weighted by Crippen LogP contribution is 2.34. The van der Waals surface area contributed by atoms with Crippen LogP contribution in [0.3, 0.4) is 0 Å². The maximum absolute atomic E-state index is 13.1. The fraction of sp³-hybridized carbons (Fsp3) is 0.227. The van der Waals surface area contributed by atoms with Crippen LogP contribution >= 0.6 is 0 Å². The molecule has 2 aromatic carbocycles. The highest BCUT2D eigenvalue weighted by molar-refractivity contribution is 7.92. The lowest BCUT2D eigenvalue weighted by atomic mass is 10.0. The zero-order valence-corrected chi connectivity index (χ0v) is 18.9. The number of sulfonamides is 1. The molecule has 0 saturated carbocycles. The van der Waals surface area contributed by atoms with E-state index in [1.807, 2.05) is 0 Å². The molecule has 3 rings (SSSR count). The first-order chi connectivity index (χ1) is 15.1. The molecule has 0 atom stereocenters. The minimum absolute atomic E-state index is 0.0545. The minimum atomic E-state index is -3.95. The molecule has 0 aliphatic carbocycles. The summed E-state index contributed by atoms with van der Waals surface area (Å²) in [5, 5.41) is 6.43. The van der Waals surface area contributed by atoms with Crippen molar-refractivity contribution in [3.63, 3.8) is 0 Å². The van der Waals surface area contributed by atoms with Gasteiger partial charge >= 0.3 is 5.97 Å². The van der Waals surface area contributed by atoms with Crippen LogP contribution in [-0.2, 0) is 19.6 Å². The van der Waals surface area contributed by atoms with Gasteiger partial charge in [0.2, 0.25) is 11.8 Å². The largest absolute Gasteiger partial charge is 0.462 e. The maximum Gasteiger partial charge on any atom is 0.338 e. The summed E-state index contributed by atoms with van der Waals surface area (Å²) in [6, 6.07) is 10.8. The molecule has 0 unspecified atom stereocenters. The van der Waals surface area contributed by atoms with E-state index in [1.54, 1.807) is 32.9 Å². The van der Waals surface area contributed by atoms with E-state index < -0.39 is 16.0 Å². The number of carbonyl (C=O) groups excluding carboxylic acids is 2. The van der Waals surface area contributed by atoms with Crippen molar-refractivity contribution >= 4 is 33.5 Å². The third-order valence-electron chi connectivity index (χ3n) is 4.57. The molecule has 0 radical (unpaired) electrons. The summed E-state index contributed by atoms with van der Waals surface area (Å²) < 4.78 is 38.8. The Hall–Kier alpha value is -3.66. The van der Waals surface area contributed by atoms with Gasteiger partial charge in [0.05, 0.1) is 28.3 Å². The first-order valence-electron chi connectivity index (χ1n) is 9.77. The number of nitrogens with zero attached hydrogens (tertiary/aromatic N) is 1. The van der Waals surface area contributed by atoms with Gasteiger partial charge in [0, 0.05) is 12.6 Å². The number of anilines is 2. The Morgan fingerprint density at radius 3 is 2.41 bits per heavy atom. The quantitative estimate of drug-likeness (QED) is 0.515. The number of ether oxygens (including phenoxy) is 1. The standard InChI is InChI=1S/C22H23N3O6S/c1-5-30-22(27)16-8-10-18(11-9-16)25-32(28,29)19-12-17(7-6-13(19)2)20-14(3)24-31-21(20)23-15(4)26/h6-12,25H,5H2,1-4H3,(H,23,26). The molecule has 9 nitrogen and oxygen atoms in total. The van der Waals surface area contributed by atoms with Crippen molar-refractivity contribution in [2.24, 2.45) is 0 Å². The smallest absolute Gasteiger partial charge is 0.338 e. The molecule has 0 bridgehead atoms. The molecular formula is C22H23N3O6S. The number of carbonyl (C=O) groups is 2. The molecule has 32 heavy (non-hydrogen) atoms. The Balaban J connectivity index is 1.94. The molecule has 1 heterocycles. The van der Waals surface area contributed by atoms with Crippen LogP contribution in [0.15, 0.2) is 51.9 Å². The number of hydrogen-bond acceptors (Lipinski definition) is 7. The zero-order chi connectivity index (χ0) is 23.5. The number of nitrogens with one attached hydrogen (secondary N) is 2. The fourth-order valence-corrected chi connectivity index (χ4v) is 4.43. The normalized spacial score (nSPS) is 11.1. The van der Waals surface area contributed by atoms with Crippen LogP contribution in [0.1, 0.15) is 35.5 Å². The van der Waals surface area contributed by atoms with Gasteiger partial charge in [-0.2, -0.15) is 0 Å². The molecule has 168 valence electrons. The molecule has 0 aliphatic heterocycles. The summed E-state index contributed by atoms with van der Waals surface area (Å²) in [4.78, 5) is 23.3. The summed E-state index contributed by atoms with van der Waals surface area (Å²) in [5.41, 5.74) is 2.67. The zero-order valence-electron chi connectivity index (χ0n) is 18.1. The topological polar surface area (TPSA) is 128 Å². The molecule has 3 aromatic rings. The van der Waals surface area contributed by atoms with E-state index in [0.717, 1.165) is 0 Å². The van der Waals surface area contributed by atoms with Gasteiger partial charge in [0.15, 0.2) is 0 Å². The molecular weight excluding hydrogens is 434 g/mol. The van der Waals surface area contributed by atoms with Gasteiger partial charge in [-0.25, -0.2) is 13.2 Å². The summed E-state index contributed by atoms with van der Waals surface area (Å²) >= 11 is 0. The molecule has 1 amide bonds. The van der Waals surface area contributed by atoms with E-state index in [4.69, 9.17) is 9.26 Å². The lowest BCUT2D eigenvalue weighted by molar-refractivity contribution is -0.114. The number of aromatic nitrogens is 1. The summed E-state index contributed by atoms with van der Waals surface area (Å²) in [5.74, 6) is -0.676. The van der Waals surface area contributed by atoms with E-state index in [0.29, 0.717) is 33.6 Å². The summed E-state index contributed by atoms with van der Waals surface area (Å²) in [6.45, 7) is 6.66. The molecule has 0 fully saturated rings. The van der Waals surface area contributed by atoms with Gasteiger partial charge in [0.1, 0.15) is 0 Å². The van der Waals surface area contributed by atoms with E-state index in [1.165, 1.54) is 37.3 Å². The molecule has 0 saturated heterocycles. The number of benzene rings is 2. The van der Waals surface area contributed by atoms with Crippen molar-refractivity contribution in [2.45, 2.75) is 32.6 Å². The predicted octanol–water partition coefficient (Wildman–Crippen LogP) is 3.89. The third-order valence-corrected chi connectivity index (χ3v) is 6.09. The Morgan fingerprint density at radius 1 is 1.09 bits per heavy atom. The molecule has 1 aromatic heterocycles. The molecule has 0 aliphatic rings. The Bertz CT molecular complexity index is 1260. The monoisotopic (exact) mass is 457 g/mol. The lowest BCUT2D eigenvalue weighted by Gasteiger charge is -2.13. The highest BCUT2D eigenvalue weighted by atomic mass is 32.2. The van der Waals surface area contributed by atoms with Crippen LogP contribution in [0.4, 0.5) is 11.6 Å². The van der Waals surface area contributed by atoms with Gasteiger partial charge in [-0.1, -0.05) is 17.3 Å². The summed E-state index contributed by atoms with van der Waals surface area (Å²) in [6.07, 6.45) is 0. The van der Waals surface area contributed by atoms with Gasteiger partial charge < -0.3 is 9.26 Å². The first kappa shape index (κ1) is 23.0. The van der Waals surface area contributed by atoms with Crippen molar-refractivity contribution in [3.8, 4) is 11.1 Å². The minimum Gasteiger partial charge on any atom is -0.462 e. The van der Waals surface area contributed by atoms with Crippen molar-refractivity contribution in [2.75, 3.05) is 16.6 Å².